The average molecular weight is 277 g/mol. The van der Waals surface area contributed by atoms with E-state index in [-0.39, 0.29) is 11.8 Å². The fourth-order valence-corrected chi connectivity index (χ4v) is 1.55. The van der Waals surface area contributed by atoms with Crippen LogP contribution in [0.1, 0.15) is 12.5 Å². The minimum absolute atomic E-state index is 0.234. The Kier molecular flexibility index (Phi) is 4.65. The van der Waals surface area contributed by atoms with Crippen LogP contribution in [-0.2, 0) is 6.54 Å². The first-order valence-corrected chi connectivity index (χ1v) is 6.23. The predicted octanol–water partition coefficient (Wildman–Crippen LogP) is 2.06. The molecule has 2 rings (SSSR count). The molecule has 20 heavy (non-hydrogen) atoms. The SMILES string of the molecule is CCNc1nc(NCc2ccc(F)cc2)nc(OC)n1. The smallest absolute Gasteiger partial charge is 0.322 e. The molecule has 1 heterocycles. The van der Waals surface area contributed by atoms with Gasteiger partial charge in [-0.1, -0.05) is 12.1 Å². The van der Waals surface area contributed by atoms with E-state index in [4.69, 9.17) is 4.74 Å². The molecule has 0 atom stereocenters. The molecule has 0 amide bonds. The Bertz CT molecular complexity index is 561. The number of nitrogens with zero attached hydrogens (tertiary/aromatic N) is 3. The van der Waals surface area contributed by atoms with Crippen LogP contribution >= 0.6 is 0 Å². The molecule has 2 aromatic rings. The third-order valence-corrected chi connectivity index (χ3v) is 2.50. The van der Waals surface area contributed by atoms with Crippen molar-refractivity contribution in [2.75, 3.05) is 24.3 Å². The normalized spacial score (nSPS) is 10.2. The zero-order valence-electron chi connectivity index (χ0n) is 11.4. The number of hydrogen-bond acceptors (Lipinski definition) is 6. The molecule has 0 saturated carbocycles. The fraction of sp³-hybridized carbons (Fsp3) is 0.308. The van der Waals surface area contributed by atoms with Crippen LogP contribution in [0, 0.1) is 5.82 Å². The van der Waals surface area contributed by atoms with Gasteiger partial charge in [0.2, 0.25) is 11.9 Å². The second kappa shape index (κ2) is 6.65. The highest BCUT2D eigenvalue weighted by molar-refractivity contribution is 5.36. The van der Waals surface area contributed by atoms with Gasteiger partial charge < -0.3 is 15.4 Å². The lowest BCUT2D eigenvalue weighted by Crippen LogP contribution is -2.10. The van der Waals surface area contributed by atoms with Gasteiger partial charge in [-0.05, 0) is 24.6 Å². The topological polar surface area (TPSA) is 72.0 Å². The molecule has 0 aliphatic rings. The maximum atomic E-state index is 12.8. The van der Waals surface area contributed by atoms with Crippen molar-refractivity contribution in [2.45, 2.75) is 13.5 Å². The molecule has 0 saturated heterocycles. The van der Waals surface area contributed by atoms with Crippen molar-refractivity contribution in [3.8, 4) is 6.01 Å². The van der Waals surface area contributed by atoms with Gasteiger partial charge in [0, 0.05) is 13.1 Å². The highest BCUT2D eigenvalue weighted by Crippen LogP contribution is 2.12. The molecule has 0 aliphatic carbocycles. The van der Waals surface area contributed by atoms with Crippen molar-refractivity contribution in [3.05, 3.63) is 35.6 Å². The summed E-state index contributed by atoms with van der Waals surface area (Å²) >= 11 is 0. The first-order chi connectivity index (χ1) is 9.71. The summed E-state index contributed by atoms with van der Waals surface area (Å²) in [6.45, 7) is 3.13. The van der Waals surface area contributed by atoms with Crippen molar-refractivity contribution in [1.82, 2.24) is 15.0 Å². The maximum absolute atomic E-state index is 12.8. The number of ether oxygens (including phenoxy) is 1. The zero-order chi connectivity index (χ0) is 14.4. The molecule has 6 nitrogen and oxygen atoms in total. The first-order valence-electron chi connectivity index (χ1n) is 6.23. The zero-order valence-corrected chi connectivity index (χ0v) is 11.4. The van der Waals surface area contributed by atoms with Crippen molar-refractivity contribution < 1.29 is 9.13 Å². The van der Waals surface area contributed by atoms with E-state index < -0.39 is 0 Å². The summed E-state index contributed by atoms with van der Waals surface area (Å²) in [5.74, 6) is 0.586. The number of nitrogens with one attached hydrogen (secondary N) is 2. The summed E-state index contributed by atoms with van der Waals surface area (Å²) in [5.41, 5.74) is 0.927. The number of hydrogen-bond donors (Lipinski definition) is 2. The van der Waals surface area contributed by atoms with Gasteiger partial charge in [-0.3, -0.25) is 0 Å². The van der Waals surface area contributed by atoms with E-state index in [1.54, 1.807) is 12.1 Å². The second-order valence-corrected chi connectivity index (χ2v) is 3.98. The molecule has 1 aromatic carbocycles. The van der Waals surface area contributed by atoms with Crippen LogP contribution in [0.4, 0.5) is 16.3 Å². The van der Waals surface area contributed by atoms with Gasteiger partial charge in [0.15, 0.2) is 0 Å². The third-order valence-electron chi connectivity index (χ3n) is 2.50. The van der Waals surface area contributed by atoms with Crippen molar-refractivity contribution in [2.24, 2.45) is 0 Å². The highest BCUT2D eigenvalue weighted by atomic mass is 19.1. The van der Waals surface area contributed by atoms with E-state index >= 15 is 0 Å². The van der Waals surface area contributed by atoms with Crippen LogP contribution in [0.5, 0.6) is 6.01 Å². The summed E-state index contributed by atoms with van der Waals surface area (Å²) in [4.78, 5) is 12.4. The van der Waals surface area contributed by atoms with E-state index in [0.29, 0.717) is 25.0 Å². The van der Waals surface area contributed by atoms with Gasteiger partial charge in [0.1, 0.15) is 5.82 Å². The molecular formula is C13H16FN5O. The van der Waals surface area contributed by atoms with Gasteiger partial charge in [-0.2, -0.15) is 15.0 Å². The molecule has 0 bridgehead atoms. The van der Waals surface area contributed by atoms with E-state index in [1.165, 1.54) is 19.2 Å². The Hall–Kier alpha value is -2.44. The number of aromatic nitrogens is 3. The first kappa shape index (κ1) is 14.0. The summed E-state index contributed by atoms with van der Waals surface area (Å²) in [7, 11) is 1.49. The monoisotopic (exact) mass is 277 g/mol. The van der Waals surface area contributed by atoms with E-state index in [2.05, 4.69) is 25.6 Å². The minimum Gasteiger partial charge on any atom is -0.467 e. The predicted molar refractivity (Wildman–Crippen MR) is 74.3 cm³/mol. The summed E-state index contributed by atoms with van der Waals surface area (Å²) in [6.07, 6.45) is 0. The molecule has 0 spiro atoms. The lowest BCUT2D eigenvalue weighted by atomic mass is 10.2. The molecular weight excluding hydrogens is 261 g/mol. The Balaban J connectivity index is 2.07. The van der Waals surface area contributed by atoms with Gasteiger partial charge >= 0.3 is 6.01 Å². The number of benzene rings is 1. The fourth-order valence-electron chi connectivity index (χ4n) is 1.55. The summed E-state index contributed by atoms with van der Waals surface area (Å²) < 4.78 is 17.8. The van der Waals surface area contributed by atoms with Crippen molar-refractivity contribution >= 4 is 11.9 Å². The molecule has 0 radical (unpaired) electrons. The van der Waals surface area contributed by atoms with Crippen molar-refractivity contribution in [1.29, 1.82) is 0 Å². The Morgan fingerprint density at radius 3 is 2.30 bits per heavy atom. The summed E-state index contributed by atoms with van der Waals surface area (Å²) in [5, 5.41) is 6.05. The quantitative estimate of drug-likeness (QED) is 0.842. The molecule has 106 valence electrons. The third kappa shape index (κ3) is 3.78. The maximum Gasteiger partial charge on any atom is 0.322 e. The molecule has 0 unspecified atom stereocenters. The molecule has 7 heteroatoms. The standard InChI is InChI=1S/C13H16FN5O/c1-3-15-11-17-12(19-13(18-11)20-2)16-8-9-4-6-10(14)7-5-9/h4-7H,3,8H2,1-2H3,(H2,15,16,17,18,19). The largest absolute Gasteiger partial charge is 0.467 e. The van der Waals surface area contributed by atoms with Crippen LogP contribution in [-0.4, -0.2) is 28.6 Å². The molecule has 1 aromatic heterocycles. The highest BCUT2D eigenvalue weighted by Gasteiger charge is 2.06. The van der Waals surface area contributed by atoms with E-state index in [0.717, 1.165) is 5.56 Å². The van der Waals surface area contributed by atoms with E-state index in [9.17, 15) is 4.39 Å². The molecule has 2 N–H and O–H groups in total. The Labute approximate surface area is 116 Å². The Morgan fingerprint density at radius 2 is 1.70 bits per heavy atom. The second-order valence-electron chi connectivity index (χ2n) is 3.98. The van der Waals surface area contributed by atoms with E-state index in [1.807, 2.05) is 6.92 Å². The number of methoxy groups -OCH3 is 1. The average Bonchev–Trinajstić information content (AvgIpc) is 2.47. The Morgan fingerprint density at radius 1 is 1.05 bits per heavy atom. The minimum atomic E-state index is -0.259. The number of halogens is 1. The van der Waals surface area contributed by atoms with Crippen LogP contribution in [0.2, 0.25) is 0 Å². The van der Waals surface area contributed by atoms with Gasteiger partial charge in [0.05, 0.1) is 7.11 Å². The number of rotatable bonds is 6. The van der Waals surface area contributed by atoms with Crippen LogP contribution in [0.25, 0.3) is 0 Å². The van der Waals surface area contributed by atoms with Gasteiger partial charge in [0.25, 0.3) is 0 Å². The molecule has 0 aliphatic heterocycles. The lowest BCUT2D eigenvalue weighted by molar-refractivity contribution is 0.379. The van der Waals surface area contributed by atoms with Gasteiger partial charge in [-0.15, -0.1) is 0 Å². The van der Waals surface area contributed by atoms with Crippen LogP contribution < -0.4 is 15.4 Å². The summed E-state index contributed by atoms with van der Waals surface area (Å²) in [6, 6.07) is 6.46. The van der Waals surface area contributed by atoms with Crippen molar-refractivity contribution in [3.63, 3.8) is 0 Å². The van der Waals surface area contributed by atoms with Gasteiger partial charge in [-0.25, -0.2) is 4.39 Å². The van der Waals surface area contributed by atoms with Crippen LogP contribution in [0.3, 0.4) is 0 Å². The van der Waals surface area contributed by atoms with Crippen LogP contribution in [0.15, 0.2) is 24.3 Å². The number of anilines is 2. The molecule has 0 fully saturated rings. The lowest BCUT2D eigenvalue weighted by Gasteiger charge is -2.08.